The molecule has 0 amide bonds. The number of nitrogens with two attached hydrogens (primary N) is 2. The van der Waals surface area contributed by atoms with Crippen molar-refractivity contribution in [3.63, 3.8) is 0 Å². The first-order chi connectivity index (χ1) is 8.21. The van der Waals surface area contributed by atoms with Gasteiger partial charge in [0.25, 0.3) is 0 Å². The summed E-state index contributed by atoms with van der Waals surface area (Å²) in [6.45, 7) is 3.47. The third-order valence-corrected chi connectivity index (χ3v) is 4.06. The third-order valence-electron chi connectivity index (χ3n) is 2.95. The first kappa shape index (κ1) is 15.5. The molecule has 0 unspecified atom stereocenters. The second kappa shape index (κ2) is 5.59. The lowest BCUT2D eigenvalue weighted by atomic mass is 9.80. The smallest absolute Gasteiger partial charge is 0.313 e. The van der Waals surface area contributed by atoms with Crippen LogP contribution in [0.5, 0.6) is 0 Å². The van der Waals surface area contributed by atoms with Gasteiger partial charge < -0.3 is 16.2 Å². The van der Waals surface area contributed by atoms with Gasteiger partial charge in [0, 0.05) is 15.0 Å². The molecule has 0 aliphatic carbocycles. The second-order valence-corrected chi connectivity index (χ2v) is 6.35. The fraction of sp³-hybridized carbons (Fsp3) is 0.417. The molecule has 0 radical (unpaired) electrons. The minimum atomic E-state index is -0.858. The lowest BCUT2D eigenvalue weighted by Gasteiger charge is -2.30. The zero-order valence-electron chi connectivity index (χ0n) is 10.5. The largest absolute Gasteiger partial charge is 0.469 e. The average molecular weight is 380 g/mol. The van der Waals surface area contributed by atoms with Crippen molar-refractivity contribution in [1.29, 1.82) is 0 Å². The molecule has 0 heterocycles. The number of carbonyl (C=O) groups excluding carboxylic acids is 1. The molecule has 1 aromatic rings. The normalized spacial score (nSPS) is 13.2. The Morgan fingerprint density at radius 1 is 1.39 bits per heavy atom. The molecule has 0 saturated carbocycles. The molecule has 6 heteroatoms. The summed E-state index contributed by atoms with van der Waals surface area (Å²) in [5.74, 6) is -0.370. The Kier molecular flexibility index (Phi) is 4.80. The topological polar surface area (TPSA) is 78.3 Å². The van der Waals surface area contributed by atoms with Crippen molar-refractivity contribution in [2.75, 3.05) is 12.8 Å². The molecule has 0 fully saturated rings. The molecule has 4 N–H and O–H groups in total. The fourth-order valence-corrected chi connectivity index (χ4v) is 2.90. The molecule has 18 heavy (non-hydrogen) atoms. The molecule has 1 aromatic carbocycles. The number of rotatable bonds is 3. The Bertz CT molecular complexity index is 475. The number of hydrogen-bond acceptors (Lipinski definition) is 4. The quantitative estimate of drug-likeness (QED) is 0.625. The van der Waals surface area contributed by atoms with Crippen molar-refractivity contribution in [2.24, 2.45) is 11.1 Å². The van der Waals surface area contributed by atoms with Crippen molar-refractivity contribution >= 4 is 43.5 Å². The molecule has 0 aliphatic rings. The first-order valence-electron chi connectivity index (χ1n) is 5.30. The number of nitrogen functional groups attached to an aromatic ring is 1. The van der Waals surface area contributed by atoms with Crippen LogP contribution in [-0.2, 0) is 9.53 Å². The summed E-state index contributed by atoms with van der Waals surface area (Å²) < 4.78 is 6.36. The number of hydrogen-bond donors (Lipinski definition) is 2. The van der Waals surface area contributed by atoms with E-state index in [0.717, 1.165) is 8.95 Å². The summed E-state index contributed by atoms with van der Waals surface area (Å²) in [6.07, 6.45) is 0. The SMILES string of the molecule is COC(=O)C(C)(C)[C@@H](N)c1cc(Br)cc(Br)c1N. The number of esters is 1. The van der Waals surface area contributed by atoms with Crippen molar-refractivity contribution in [3.8, 4) is 0 Å². The number of methoxy groups -OCH3 is 1. The Balaban J connectivity index is 3.26. The Morgan fingerprint density at radius 3 is 2.44 bits per heavy atom. The molecule has 0 spiro atoms. The number of ether oxygens (including phenoxy) is 1. The molecular formula is C12H16Br2N2O2. The molecule has 1 rings (SSSR count). The van der Waals surface area contributed by atoms with Gasteiger partial charge >= 0.3 is 5.97 Å². The average Bonchev–Trinajstić information content (AvgIpc) is 2.31. The monoisotopic (exact) mass is 378 g/mol. The molecule has 1 atom stereocenters. The number of carbonyl (C=O) groups is 1. The van der Waals surface area contributed by atoms with Crippen molar-refractivity contribution in [2.45, 2.75) is 19.9 Å². The highest BCUT2D eigenvalue weighted by Gasteiger charge is 2.37. The summed E-state index contributed by atoms with van der Waals surface area (Å²) in [6, 6.07) is 3.09. The van der Waals surface area contributed by atoms with Gasteiger partial charge in [-0.2, -0.15) is 0 Å². The zero-order valence-corrected chi connectivity index (χ0v) is 13.6. The van der Waals surface area contributed by atoms with Gasteiger partial charge in [-0.15, -0.1) is 0 Å². The standard InChI is InChI=1S/C12H16Br2N2O2/c1-12(2,11(17)18-3)10(16)7-4-6(13)5-8(14)9(7)15/h4-5,10H,15-16H2,1-3H3/t10-/m0/s1. The zero-order chi connectivity index (χ0) is 14.1. The van der Waals surface area contributed by atoms with E-state index in [1.807, 2.05) is 12.1 Å². The summed E-state index contributed by atoms with van der Waals surface area (Å²) in [5, 5.41) is 0. The van der Waals surface area contributed by atoms with E-state index in [9.17, 15) is 4.79 Å². The van der Waals surface area contributed by atoms with E-state index in [-0.39, 0.29) is 5.97 Å². The second-order valence-electron chi connectivity index (χ2n) is 4.58. The Labute approximate surface area is 123 Å². The van der Waals surface area contributed by atoms with E-state index < -0.39 is 11.5 Å². The summed E-state index contributed by atoms with van der Waals surface area (Å²) >= 11 is 6.74. The highest BCUT2D eigenvalue weighted by Crippen LogP contribution is 2.39. The van der Waals surface area contributed by atoms with E-state index in [1.54, 1.807) is 13.8 Å². The van der Waals surface area contributed by atoms with E-state index in [2.05, 4.69) is 31.9 Å². The van der Waals surface area contributed by atoms with Gasteiger partial charge in [-0.1, -0.05) is 15.9 Å². The maximum absolute atomic E-state index is 11.8. The van der Waals surface area contributed by atoms with Gasteiger partial charge in [-0.05, 0) is 47.5 Å². The fourth-order valence-electron chi connectivity index (χ4n) is 1.64. The number of halogens is 2. The van der Waals surface area contributed by atoms with Crippen LogP contribution in [0.2, 0.25) is 0 Å². The van der Waals surface area contributed by atoms with Gasteiger partial charge in [-0.25, -0.2) is 0 Å². The van der Waals surface area contributed by atoms with Crippen molar-refractivity contribution < 1.29 is 9.53 Å². The molecule has 4 nitrogen and oxygen atoms in total. The molecule has 0 aromatic heterocycles. The molecule has 0 bridgehead atoms. The van der Waals surface area contributed by atoms with Crippen molar-refractivity contribution in [1.82, 2.24) is 0 Å². The van der Waals surface area contributed by atoms with Crippen LogP contribution in [-0.4, -0.2) is 13.1 Å². The molecule has 100 valence electrons. The van der Waals surface area contributed by atoms with Crippen LogP contribution in [0.3, 0.4) is 0 Å². The number of benzene rings is 1. The summed E-state index contributed by atoms with van der Waals surface area (Å²) in [4.78, 5) is 11.8. The van der Waals surface area contributed by atoms with Crippen LogP contribution in [0.4, 0.5) is 5.69 Å². The van der Waals surface area contributed by atoms with Crippen LogP contribution in [0, 0.1) is 5.41 Å². The van der Waals surface area contributed by atoms with Crippen molar-refractivity contribution in [3.05, 3.63) is 26.6 Å². The highest BCUT2D eigenvalue weighted by molar-refractivity contribution is 9.11. The van der Waals surface area contributed by atoms with Gasteiger partial charge in [-0.3, -0.25) is 4.79 Å². The number of anilines is 1. The minimum Gasteiger partial charge on any atom is -0.469 e. The summed E-state index contributed by atoms with van der Waals surface area (Å²) in [7, 11) is 1.34. The van der Waals surface area contributed by atoms with Crippen LogP contribution < -0.4 is 11.5 Å². The lowest BCUT2D eigenvalue weighted by Crippen LogP contribution is -2.37. The predicted octanol–water partition coefficient (Wildman–Crippen LogP) is 2.99. The Hall–Kier alpha value is -0.590. The maximum atomic E-state index is 11.8. The third kappa shape index (κ3) is 2.87. The highest BCUT2D eigenvalue weighted by atomic mass is 79.9. The van der Waals surface area contributed by atoms with Crippen LogP contribution in [0.1, 0.15) is 25.5 Å². The van der Waals surface area contributed by atoms with Crippen LogP contribution in [0.15, 0.2) is 21.1 Å². The van der Waals surface area contributed by atoms with E-state index in [4.69, 9.17) is 16.2 Å². The summed E-state index contributed by atoms with van der Waals surface area (Å²) in [5.41, 5.74) is 12.5. The molecule has 0 saturated heterocycles. The van der Waals surface area contributed by atoms with Gasteiger partial charge in [0.15, 0.2) is 0 Å². The first-order valence-corrected chi connectivity index (χ1v) is 6.88. The van der Waals surface area contributed by atoms with E-state index in [0.29, 0.717) is 11.3 Å². The van der Waals surface area contributed by atoms with Crippen LogP contribution >= 0.6 is 31.9 Å². The lowest BCUT2D eigenvalue weighted by molar-refractivity contribution is -0.152. The minimum absolute atomic E-state index is 0.370. The predicted molar refractivity (Wildman–Crippen MR) is 79.0 cm³/mol. The van der Waals surface area contributed by atoms with Gasteiger partial charge in [0.1, 0.15) is 0 Å². The van der Waals surface area contributed by atoms with Gasteiger partial charge in [0.2, 0.25) is 0 Å². The maximum Gasteiger partial charge on any atom is 0.313 e. The Morgan fingerprint density at radius 2 is 1.94 bits per heavy atom. The molecule has 0 aliphatic heterocycles. The van der Waals surface area contributed by atoms with E-state index in [1.165, 1.54) is 7.11 Å². The van der Waals surface area contributed by atoms with Gasteiger partial charge in [0.05, 0.1) is 18.2 Å². The van der Waals surface area contributed by atoms with E-state index >= 15 is 0 Å². The van der Waals surface area contributed by atoms with Crippen LogP contribution in [0.25, 0.3) is 0 Å². The molecular weight excluding hydrogens is 364 g/mol.